The summed E-state index contributed by atoms with van der Waals surface area (Å²) in [6.45, 7) is 5.13. The maximum Gasteiger partial charge on any atom is 0.0400 e. The lowest BCUT2D eigenvalue weighted by Crippen LogP contribution is -2.01. The van der Waals surface area contributed by atoms with Crippen molar-refractivity contribution in [3.8, 4) is 0 Å². The average molecular weight is 337 g/mol. The number of rotatable bonds is 3. The molecule has 0 aliphatic heterocycles. The molecule has 88 valence electrons. The van der Waals surface area contributed by atoms with Crippen LogP contribution in [0.25, 0.3) is 0 Å². The van der Waals surface area contributed by atoms with E-state index < -0.39 is 0 Å². The van der Waals surface area contributed by atoms with Crippen molar-refractivity contribution in [1.82, 2.24) is 0 Å². The van der Waals surface area contributed by atoms with Crippen LogP contribution in [0, 0.1) is 17.4 Å². The van der Waals surface area contributed by atoms with Gasteiger partial charge in [-0.1, -0.05) is 24.3 Å². The molecule has 2 heteroatoms. The van der Waals surface area contributed by atoms with Crippen molar-refractivity contribution < 1.29 is 0 Å². The van der Waals surface area contributed by atoms with Crippen LogP contribution in [0.1, 0.15) is 16.7 Å². The maximum absolute atomic E-state index is 3.49. The normalized spacial score (nSPS) is 10.3. The van der Waals surface area contributed by atoms with E-state index in [1.165, 1.54) is 25.9 Å². The first-order valence-electron chi connectivity index (χ1n) is 5.71. The molecule has 0 heterocycles. The van der Waals surface area contributed by atoms with Crippen LogP contribution >= 0.6 is 22.6 Å². The predicted molar refractivity (Wildman–Crippen MR) is 82.4 cm³/mol. The smallest absolute Gasteiger partial charge is 0.0400 e. The van der Waals surface area contributed by atoms with E-state index in [9.17, 15) is 0 Å². The van der Waals surface area contributed by atoms with Gasteiger partial charge in [-0.25, -0.2) is 0 Å². The molecule has 0 saturated heterocycles. The minimum atomic E-state index is 0.876. The first-order valence-corrected chi connectivity index (χ1v) is 6.78. The summed E-state index contributed by atoms with van der Waals surface area (Å²) in [5.74, 6) is 0. The summed E-state index contributed by atoms with van der Waals surface area (Å²) in [5.41, 5.74) is 5.12. The molecule has 0 aromatic heterocycles. The van der Waals surface area contributed by atoms with Crippen LogP contribution in [-0.4, -0.2) is 0 Å². The Morgan fingerprint density at radius 2 is 1.71 bits per heavy atom. The fourth-order valence-electron chi connectivity index (χ4n) is 1.73. The third-order valence-electron chi connectivity index (χ3n) is 2.79. The first-order chi connectivity index (χ1) is 8.15. The number of hydrogen-bond donors (Lipinski definition) is 1. The average Bonchev–Trinajstić information content (AvgIpc) is 2.32. The number of hydrogen-bond acceptors (Lipinski definition) is 1. The van der Waals surface area contributed by atoms with Gasteiger partial charge in [0, 0.05) is 15.8 Å². The standard InChI is InChI=1S/C15H16IN/c1-11-3-4-12(2)15(9-11)17-10-13-5-7-14(16)8-6-13/h3-9,17H,10H2,1-2H3. The number of nitrogens with one attached hydrogen (secondary N) is 1. The second-order valence-electron chi connectivity index (χ2n) is 4.30. The maximum atomic E-state index is 3.49. The van der Waals surface area contributed by atoms with Gasteiger partial charge in [-0.3, -0.25) is 0 Å². The Morgan fingerprint density at radius 1 is 1.00 bits per heavy atom. The molecule has 0 fully saturated rings. The third-order valence-corrected chi connectivity index (χ3v) is 3.51. The van der Waals surface area contributed by atoms with Crippen molar-refractivity contribution >= 4 is 28.3 Å². The highest BCUT2D eigenvalue weighted by atomic mass is 127. The second kappa shape index (κ2) is 5.54. The fourth-order valence-corrected chi connectivity index (χ4v) is 2.09. The summed E-state index contributed by atoms with van der Waals surface area (Å²) >= 11 is 2.33. The molecule has 0 amide bonds. The lowest BCUT2D eigenvalue weighted by molar-refractivity contribution is 1.14. The van der Waals surface area contributed by atoms with Gasteiger partial charge in [-0.2, -0.15) is 0 Å². The van der Waals surface area contributed by atoms with E-state index in [0.717, 1.165) is 6.54 Å². The Morgan fingerprint density at radius 3 is 2.41 bits per heavy atom. The summed E-state index contributed by atoms with van der Waals surface area (Å²) in [7, 11) is 0. The van der Waals surface area contributed by atoms with E-state index in [2.05, 4.69) is 84.2 Å². The lowest BCUT2D eigenvalue weighted by atomic mass is 10.1. The Labute approximate surface area is 116 Å². The van der Waals surface area contributed by atoms with Gasteiger partial charge in [0.25, 0.3) is 0 Å². The van der Waals surface area contributed by atoms with Crippen molar-refractivity contribution in [3.63, 3.8) is 0 Å². The molecule has 0 atom stereocenters. The van der Waals surface area contributed by atoms with Gasteiger partial charge in [0.1, 0.15) is 0 Å². The summed E-state index contributed by atoms with van der Waals surface area (Å²) in [6, 6.07) is 15.1. The molecule has 1 N–H and O–H groups in total. The number of anilines is 1. The van der Waals surface area contributed by atoms with E-state index in [4.69, 9.17) is 0 Å². The zero-order valence-electron chi connectivity index (χ0n) is 10.1. The predicted octanol–water partition coefficient (Wildman–Crippen LogP) is 4.52. The Kier molecular flexibility index (Phi) is 4.05. The van der Waals surface area contributed by atoms with Gasteiger partial charge >= 0.3 is 0 Å². The molecule has 0 saturated carbocycles. The van der Waals surface area contributed by atoms with Gasteiger partial charge in [0.2, 0.25) is 0 Å². The molecule has 0 unspecified atom stereocenters. The van der Waals surface area contributed by atoms with Crippen LogP contribution in [0.4, 0.5) is 5.69 Å². The van der Waals surface area contributed by atoms with Crippen molar-refractivity contribution in [2.24, 2.45) is 0 Å². The molecule has 2 aromatic carbocycles. The summed E-state index contributed by atoms with van der Waals surface area (Å²) in [5, 5.41) is 3.49. The number of benzene rings is 2. The zero-order chi connectivity index (χ0) is 12.3. The van der Waals surface area contributed by atoms with Gasteiger partial charge in [0.15, 0.2) is 0 Å². The highest BCUT2D eigenvalue weighted by molar-refractivity contribution is 14.1. The molecular weight excluding hydrogens is 321 g/mol. The molecule has 2 rings (SSSR count). The second-order valence-corrected chi connectivity index (χ2v) is 5.54. The van der Waals surface area contributed by atoms with Crippen LogP contribution in [-0.2, 0) is 6.54 Å². The van der Waals surface area contributed by atoms with Gasteiger partial charge < -0.3 is 5.32 Å². The SMILES string of the molecule is Cc1ccc(C)c(NCc2ccc(I)cc2)c1. The molecule has 0 aliphatic carbocycles. The molecule has 0 aliphatic rings. The summed E-state index contributed by atoms with van der Waals surface area (Å²) in [4.78, 5) is 0. The van der Waals surface area contributed by atoms with E-state index in [-0.39, 0.29) is 0 Å². The van der Waals surface area contributed by atoms with Crippen molar-refractivity contribution in [1.29, 1.82) is 0 Å². The van der Waals surface area contributed by atoms with Gasteiger partial charge in [-0.05, 0) is 71.3 Å². The van der Waals surface area contributed by atoms with E-state index in [0.29, 0.717) is 0 Å². The largest absolute Gasteiger partial charge is 0.381 e. The molecule has 0 radical (unpaired) electrons. The van der Waals surface area contributed by atoms with Crippen LogP contribution in [0.5, 0.6) is 0 Å². The molecule has 17 heavy (non-hydrogen) atoms. The van der Waals surface area contributed by atoms with Crippen molar-refractivity contribution in [2.45, 2.75) is 20.4 Å². The Balaban J connectivity index is 2.07. The van der Waals surface area contributed by atoms with Gasteiger partial charge in [0.05, 0.1) is 0 Å². The van der Waals surface area contributed by atoms with E-state index in [1.807, 2.05) is 0 Å². The minimum Gasteiger partial charge on any atom is -0.381 e. The van der Waals surface area contributed by atoms with Gasteiger partial charge in [-0.15, -0.1) is 0 Å². The Hall–Kier alpha value is -1.03. The van der Waals surface area contributed by atoms with Crippen molar-refractivity contribution in [2.75, 3.05) is 5.32 Å². The van der Waals surface area contributed by atoms with E-state index >= 15 is 0 Å². The highest BCUT2D eigenvalue weighted by Crippen LogP contribution is 2.17. The van der Waals surface area contributed by atoms with Crippen LogP contribution in [0.2, 0.25) is 0 Å². The molecular formula is C15H16IN. The number of halogens is 1. The zero-order valence-corrected chi connectivity index (χ0v) is 12.3. The van der Waals surface area contributed by atoms with Crippen LogP contribution in [0.3, 0.4) is 0 Å². The Bertz CT molecular complexity index is 503. The minimum absolute atomic E-state index is 0.876. The molecule has 0 bridgehead atoms. The summed E-state index contributed by atoms with van der Waals surface area (Å²) < 4.78 is 1.28. The quantitative estimate of drug-likeness (QED) is 0.812. The topological polar surface area (TPSA) is 12.0 Å². The third kappa shape index (κ3) is 3.46. The first kappa shape index (κ1) is 12.4. The molecule has 2 aromatic rings. The lowest BCUT2D eigenvalue weighted by Gasteiger charge is -2.10. The highest BCUT2D eigenvalue weighted by Gasteiger charge is 1.98. The molecule has 0 spiro atoms. The van der Waals surface area contributed by atoms with E-state index in [1.54, 1.807) is 0 Å². The summed E-state index contributed by atoms with van der Waals surface area (Å²) in [6.07, 6.45) is 0. The monoisotopic (exact) mass is 337 g/mol. The molecule has 1 nitrogen and oxygen atoms in total. The van der Waals surface area contributed by atoms with Crippen LogP contribution in [0.15, 0.2) is 42.5 Å². The van der Waals surface area contributed by atoms with Crippen molar-refractivity contribution in [3.05, 3.63) is 62.7 Å². The fraction of sp³-hybridized carbons (Fsp3) is 0.200. The number of aryl methyl sites for hydroxylation is 2. The van der Waals surface area contributed by atoms with Crippen LogP contribution < -0.4 is 5.32 Å².